The molecule has 0 spiro atoms. The van der Waals surface area contributed by atoms with E-state index in [2.05, 4.69) is 4.98 Å². The van der Waals surface area contributed by atoms with Gasteiger partial charge in [-0.15, -0.1) is 0 Å². The van der Waals surface area contributed by atoms with Crippen molar-refractivity contribution in [3.63, 3.8) is 0 Å². The van der Waals surface area contributed by atoms with Gasteiger partial charge in [-0.2, -0.15) is 0 Å². The maximum absolute atomic E-state index is 10.1. The maximum atomic E-state index is 10.1. The minimum atomic E-state index is -0.408. The van der Waals surface area contributed by atoms with Crippen molar-refractivity contribution in [1.82, 2.24) is 4.98 Å². The van der Waals surface area contributed by atoms with Crippen LogP contribution in [0.5, 0.6) is 0 Å². The molecule has 1 aliphatic rings. The molecule has 3 nitrogen and oxygen atoms in total. The van der Waals surface area contributed by atoms with Gasteiger partial charge in [0.25, 0.3) is 0 Å². The molecule has 0 bridgehead atoms. The summed E-state index contributed by atoms with van der Waals surface area (Å²) in [5.41, 5.74) is 2.06. The first-order valence-corrected chi connectivity index (χ1v) is 6.47. The summed E-state index contributed by atoms with van der Waals surface area (Å²) in [4.78, 5) is 4.07. The molecule has 2 atom stereocenters. The van der Waals surface area contributed by atoms with Gasteiger partial charge in [-0.1, -0.05) is 0 Å². The second kappa shape index (κ2) is 6.12. The van der Waals surface area contributed by atoms with Gasteiger partial charge in [0, 0.05) is 24.6 Å². The fraction of sp³-hybridized carbons (Fsp3) is 0.643. The molecule has 17 heavy (non-hydrogen) atoms. The second-order valence-electron chi connectivity index (χ2n) is 4.81. The van der Waals surface area contributed by atoms with Gasteiger partial charge in [-0.05, 0) is 50.7 Å². The summed E-state index contributed by atoms with van der Waals surface area (Å²) in [6.45, 7) is 2.89. The fourth-order valence-corrected chi connectivity index (χ4v) is 2.36. The summed E-state index contributed by atoms with van der Waals surface area (Å²) in [7, 11) is 0. The lowest BCUT2D eigenvalue weighted by molar-refractivity contribution is 0.00207. The van der Waals surface area contributed by atoms with Crippen LogP contribution in [0.4, 0.5) is 0 Å². The van der Waals surface area contributed by atoms with Gasteiger partial charge < -0.3 is 9.84 Å². The molecule has 0 amide bonds. The highest BCUT2D eigenvalue weighted by Gasteiger charge is 2.17. The summed E-state index contributed by atoms with van der Waals surface area (Å²) in [5.74, 6) is 0. The van der Waals surface area contributed by atoms with Gasteiger partial charge in [0.1, 0.15) is 0 Å². The molecule has 2 rings (SSSR count). The van der Waals surface area contributed by atoms with Crippen LogP contribution in [-0.2, 0) is 4.74 Å². The highest BCUT2D eigenvalue weighted by atomic mass is 16.5. The van der Waals surface area contributed by atoms with Crippen LogP contribution in [0.15, 0.2) is 18.5 Å². The van der Waals surface area contributed by atoms with E-state index in [9.17, 15) is 5.11 Å². The Morgan fingerprint density at radius 1 is 1.53 bits per heavy atom. The third kappa shape index (κ3) is 3.51. The standard InChI is InChI=1S/C14H21NO2/c1-11-7-8-15-10-13(11)14(16)6-5-12-4-2-3-9-17-12/h7-8,10,12,14,16H,2-6,9H2,1H3. The lowest BCUT2D eigenvalue weighted by atomic mass is 9.98. The number of pyridine rings is 1. The second-order valence-corrected chi connectivity index (χ2v) is 4.81. The van der Waals surface area contributed by atoms with E-state index in [1.54, 1.807) is 12.4 Å². The number of aliphatic hydroxyl groups is 1. The lowest BCUT2D eigenvalue weighted by Gasteiger charge is -2.23. The molecule has 2 unspecified atom stereocenters. The number of hydrogen-bond acceptors (Lipinski definition) is 3. The van der Waals surface area contributed by atoms with Crippen LogP contribution in [0.1, 0.15) is 49.3 Å². The van der Waals surface area contributed by atoms with Crippen molar-refractivity contribution in [2.24, 2.45) is 0 Å². The predicted octanol–water partition coefficient (Wildman–Crippen LogP) is 2.77. The number of aromatic nitrogens is 1. The Balaban J connectivity index is 1.84. The Kier molecular flexibility index (Phi) is 4.51. The van der Waals surface area contributed by atoms with E-state index in [1.807, 2.05) is 13.0 Å². The first kappa shape index (κ1) is 12.5. The lowest BCUT2D eigenvalue weighted by Crippen LogP contribution is -2.19. The first-order chi connectivity index (χ1) is 8.27. The zero-order valence-electron chi connectivity index (χ0n) is 10.4. The highest BCUT2D eigenvalue weighted by Crippen LogP contribution is 2.24. The zero-order chi connectivity index (χ0) is 12.1. The van der Waals surface area contributed by atoms with Gasteiger partial charge in [-0.3, -0.25) is 4.98 Å². The zero-order valence-corrected chi connectivity index (χ0v) is 10.4. The largest absolute Gasteiger partial charge is 0.388 e. The van der Waals surface area contributed by atoms with Crippen LogP contribution in [0.25, 0.3) is 0 Å². The molecule has 0 radical (unpaired) electrons. The third-order valence-electron chi connectivity index (χ3n) is 3.47. The van der Waals surface area contributed by atoms with Crippen LogP contribution in [0.2, 0.25) is 0 Å². The summed E-state index contributed by atoms with van der Waals surface area (Å²) in [5, 5.41) is 10.1. The van der Waals surface area contributed by atoms with E-state index >= 15 is 0 Å². The maximum Gasteiger partial charge on any atom is 0.0808 e. The van der Waals surface area contributed by atoms with Crippen molar-refractivity contribution >= 4 is 0 Å². The number of aryl methyl sites for hydroxylation is 1. The van der Waals surface area contributed by atoms with Crippen LogP contribution in [0, 0.1) is 6.92 Å². The minimum absolute atomic E-state index is 0.343. The average Bonchev–Trinajstić information content (AvgIpc) is 2.38. The molecule has 1 saturated heterocycles. The van der Waals surface area contributed by atoms with Gasteiger partial charge in [0.05, 0.1) is 12.2 Å². The Morgan fingerprint density at radius 2 is 2.41 bits per heavy atom. The van der Waals surface area contributed by atoms with Crippen LogP contribution >= 0.6 is 0 Å². The monoisotopic (exact) mass is 235 g/mol. The third-order valence-corrected chi connectivity index (χ3v) is 3.47. The van der Waals surface area contributed by atoms with E-state index < -0.39 is 6.10 Å². The normalized spacial score (nSPS) is 22.4. The van der Waals surface area contributed by atoms with Crippen molar-refractivity contribution in [1.29, 1.82) is 0 Å². The first-order valence-electron chi connectivity index (χ1n) is 6.47. The van der Waals surface area contributed by atoms with E-state index in [4.69, 9.17) is 4.74 Å². The van der Waals surface area contributed by atoms with E-state index in [1.165, 1.54) is 12.8 Å². The van der Waals surface area contributed by atoms with Crippen molar-refractivity contribution in [2.75, 3.05) is 6.61 Å². The van der Waals surface area contributed by atoms with Crippen LogP contribution in [-0.4, -0.2) is 22.8 Å². The Morgan fingerprint density at radius 3 is 3.12 bits per heavy atom. The van der Waals surface area contributed by atoms with Crippen LogP contribution < -0.4 is 0 Å². The molecule has 1 aromatic rings. The highest BCUT2D eigenvalue weighted by molar-refractivity contribution is 5.23. The Labute approximate surface area is 103 Å². The number of hydrogen-bond donors (Lipinski definition) is 1. The average molecular weight is 235 g/mol. The molecule has 1 aromatic heterocycles. The molecular weight excluding hydrogens is 214 g/mol. The summed E-state index contributed by atoms with van der Waals surface area (Å²) in [6.07, 6.45) is 8.74. The molecule has 1 N–H and O–H groups in total. The molecule has 0 aliphatic carbocycles. The van der Waals surface area contributed by atoms with Crippen LogP contribution in [0.3, 0.4) is 0 Å². The summed E-state index contributed by atoms with van der Waals surface area (Å²) >= 11 is 0. The van der Waals surface area contributed by atoms with Crippen molar-refractivity contribution in [3.8, 4) is 0 Å². The van der Waals surface area contributed by atoms with Crippen molar-refractivity contribution in [3.05, 3.63) is 29.6 Å². The van der Waals surface area contributed by atoms with Crippen molar-refractivity contribution < 1.29 is 9.84 Å². The molecule has 3 heteroatoms. The molecular formula is C14H21NO2. The van der Waals surface area contributed by atoms with Gasteiger partial charge in [0.2, 0.25) is 0 Å². The van der Waals surface area contributed by atoms with E-state index in [0.29, 0.717) is 6.10 Å². The van der Waals surface area contributed by atoms with Gasteiger partial charge in [-0.25, -0.2) is 0 Å². The smallest absolute Gasteiger partial charge is 0.0808 e. The van der Waals surface area contributed by atoms with E-state index in [-0.39, 0.29) is 0 Å². The number of rotatable bonds is 4. The fourth-order valence-electron chi connectivity index (χ4n) is 2.36. The molecule has 94 valence electrons. The predicted molar refractivity (Wildman–Crippen MR) is 66.8 cm³/mol. The summed E-state index contributed by atoms with van der Waals surface area (Å²) < 4.78 is 5.67. The number of aliphatic hydroxyl groups excluding tert-OH is 1. The SMILES string of the molecule is Cc1ccncc1C(O)CCC1CCCCO1. The molecule has 1 aliphatic heterocycles. The number of nitrogens with zero attached hydrogens (tertiary/aromatic N) is 1. The molecule has 0 aromatic carbocycles. The molecule has 2 heterocycles. The topological polar surface area (TPSA) is 42.4 Å². The summed E-state index contributed by atoms with van der Waals surface area (Å²) in [6, 6.07) is 1.94. The van der Waals surface area contributed by atoms with Gasteiger partial charge >= 0.3 is 0 Å². The Bertz CT molecular complexity index is 348. The quantitative estimate of drug-likeness (QED) is 0.872. The molecule has 0 saturated carbocycles. The van der Waals surface area contributed by atoms with E-state index in [0.717, 1.165) is 37.0 Å². The Hall–Kier alpha value is -0.930. The molecule has 1 fully saturated rings. The minimum Gasteiger partial charge on any atom is -0.388 e. The van der Waals surface area contributed by atoms with Crippen molar-refractivity contribution in [2.45, 2.75) is 51.2 Å². The number of ether oxygens (including phenoxy) is 1. The van der Waals surface area contributed by atoms with Gasteiger partial charge in [0.15, 0.2) is 0 Å².